The number of nitrogens with zero attached hydrogens (tertiary/aromatic N) is 3. The third-order valence-corrected chi connectivity index (χ3v) is 3.92. The molecule has 0 amide bonds. The quantitative estimate of drug-likeness (QED) is 0.908. The van der Waals surface area contributed by atoms with Gasteiger partial charge in [-0.2, -0.15) is 10.2 Å². The molecule has 1 aliphatic rings. The summed E-state index contributed by atoms with van der Waals surface area (Å²) in [5, 5.41) is 11.8. The fourth-order valence-corrected chi connectivity index (χ4v) is 2.75. The number of Topliss-reactive ketones (excluding diaryl/α,β-unsaturated/α-hetero) is 1. The Balaban J connectivity index is 1.59. The van der Waals surface area contributed by atoms with Crippen LogP contribution >= 0.6 is 0 Å². The van der Waals surface area contributed by atoms with E-state index in [0.717, 1.165) is 42.3 Å². The number of aromatic nitrogens is 3. The molecule has 3 heterocycles. The van der Waals surface area contributed by atoms with Crippen molar-refractivity contribution in [1.29, 1.82) is 0 Å². The van der Waals surface area contributed by atoms with Crippen LogP contribution in [-0.2, 0) is 17.6 Å². The summed E-state index contributed by atoms with van der Waals surface area (Å²) >= 11 is 0. The van der Waals surface area contributed by atoms with Gasteiger partial charge in [-0.3, -0.25) is 9.78 Å². The number of ketones is 1. The van der Waals surface area contributed by atoms with Gasteiger partial charge in [-0.25, -0.2) is 0 Å². The van der Waals surface area contributed by atoms with Gasteiger partial charge in [-0.05, 0) is 44.2 Å². The van der Waals surface area contributed by atoms with Crippen molar-refractivity contribution in [3.63, 3.8) is 0 Å². The fourth-order valence-electron chi connectivity index (χ4n) is 2.75. The van der Waals surface area contributed by atoms with Gasteiger partial charge in [0.2, 0.25) is 0 Å². The van der Waals surface area contributed by atoms with Gasteiger partial charge in [0.25, 0.3) is 0 Å². The molecule has 0 spiro atoms. The molecule has 5 nitrogen and oxygen atoms in total. The van der Waals surface area contributed by atoms with Crippen LogP contribution in [0.5, 0.6) is 0 Å². The summed E-state index contributed by atoms with van der Waals surface area (Å²) in [5.41, 5.74) is 3.49. The Labute approximate surface area is 130 Å². The van der Waals surface area contributed by atoms with E-state index in [1.54, 1.807) is 0 Å². The van der Waals surface area contributed by atoms with Crippen molar-refractivity contribution in [3.8, 4) is 0 Å². The highest BCUT2D eigenvalue weighted by Crippen LogP contribution is 2.19. The summed E-state index contributed by atoms with van der Waals surface area (Å²) in [5.74, 6) is 0.566. The van der Waals surface area contributed by atoms with E-state index >= 15 is 0 Å². The lowest BCUT2D eigenvalue weighted by molar-refractivity contribution is -0.117. The van der Waals surface area contributed by atoms with Crippen molar-refractivity contribution in [2.75, 3.05) is 13.1 Å². The van der Waals surface area contributed by atoms with Gasteiger partial charge in [0, 0.05) is 30.3 Å². The van der Waals surface area contributed by atoms with E-state index < -0.39 is 0 Å². The average Bonchev–Trinajstić information content (AvgIpc) is 3.02. The summed E-state index contributed by atoms with van der Waals surface area (Å²) in [4.78, 5) is 16.5. The molecule has 1 fully saturated rings. The van der Waals surface area contributed by atoms with Crippen molar-refractivity contribution in [1.82, 2.24) is 20.5 Å². The zero-order valence-corrected chi connectivity index (χ0v) is 12.7. The number of carbonyl (C=O) groups excluding carboxylic acids is 1. The first-order valence-corrected chi connectivity index (χ1v) is 7.68. The second kappa shape index (κ2) is 6.75. The number of nitrogens with one attached hydrogen (secondary N) is 1. The standard InChI is InChI=1S/C17H20N4O/c1-12-3-2-4-14(19-12)9-16(22)10-15-5-6-17(21-20-15)13-7-8-18-11-13/h2-6,13,18H,7-11H2,1H3. The predicted octanol–water partition coefficient (Wildman–Crippen LogP) is 1.61. The van der Waals surface area contributed by atoms with Crippen LogP contribution in [-0.4, -0.2) is 34.1 Å². The van der Waals surface area contributed by atoms with Crippen LogP contribution in [0, 0.1) is 6.92 Å². The van der Waals surface area contributed by atoms with E-state index in [1.807, 2.05) is 37.3 Å². The predicted molar refractivity (Wildman–Crippen MR) is 83.6 cm³/mol. The van der Waals surface area contributed by atoms with Crippen LogP contribution in [0.1, 0.15) is 35.1 Å². The van der Waals surface area contributed by atoms with Gasteiger partial charge in [0.15, 0.2) is 0 Å². The molecule has 114 valence electrons. The largest absolute Gasteiger partial charge is 0.316 e. The maximum Gasteiger partial charge on any atom is 0.144 e. The lowest BCUT2D eigenvalue weighted by atomic mass is 10.0. The zero-order valence-electron chi connectivity index (χ0n) is 12.7. The monoisotopic (exact) mass is 296 g/mol. The molecular formula is C17H20N4O. The summed E-state index contributed by atoms with van der Waals surface area (Å²) in [7, 11) is 0. The van der Waals surface area contributed by atoms with Crippen LogP contribution in [0.25, 0.3) is 0 Å². The topological polar surface area (TPSA) is 67.8 Å². The number of hydrogen-bond acceptors (Lipinski definition) is 5. The molecule has 3 rings (SSSR count). The van der Waals surface area contributed by atoms with E-state index in [1.165, 1.54) is 0 Å². The summed E-state index contributed by atoms with van der Waals surface area (Å²) in [6, 6.07) is 9.65. The number of aryl methyl sites for hydroxylation is 1. The first kappa shape index (κ1) is 14.8. The maximum atomic E-state index is 12.1. The Bertz CT molecular complexity index is 648. The van der Waals surface area contributed by atoms with Crippen LogP contribution in [0.2, 0.25) is 0 Å². The molecule has 0 aromatic carbocycles. The Morgan fingerprint density at radius 1 is 1.18 bits per heavy atom. The molecule has 5 heteroatoms. The highest BCUT2D eigenvalue weighted by molar-refractivity contribution is 5.82. The van der Waals surface area contributed by atoms with Crippen molar-refractivity contribution >= 4 is 5.78 Å². The average molecular weight is 296 g/mol. The van der Waals surface area contributed by atoms with E-state index in [-0.39, 0.29) is 5.78 Å². The molecule has 1 unspecified atom stereocenters. The molecule has 1 saturated heterocycles. The lowest BCUT2D eigenvalue weighted by Gasteiger charge is -2.07. The Kier molecular flexibility index (Phi) is 4.53. The summed E-state index contributed by atoms with van der Waals surface area (Å²) in [6.45, 7) is 3.93. The van der Waals surface area contributed by atoms with Crippen LogP contribution in [0.15, 0.2) is 30.3 Å². The van der Waals surface area contributed by atoms with E-state index in [9.17, 15) is 4.79 Å². The molecule has 0 bridgehead atoms. The fraction of sp³-hybridized carbons (Fsp3) is 0.412. The SMILES string of the molecule is Cc1cccc(CC(=O)Cc2ccc(C3CCNC3)nn2)n1. The van der Waals surface area contributed by atoms with E-state index in [2.05, 4.69) is 20.5 Å². The van der Waals surface area contributed by atoms with Crippen molar-refractivity contribution in [2.24, 2.45) is 0 Å². The molecule has 2 aromatic heterocycles. The van der Waals surface area contributed by atoms with Gasteiger partial charge in [0.1, 0.15) is 5.78 Å². The molecule has 2 aromatic rings. The molecule has 0 saturated carbocycles. The molecule has 1 aliphatic heterocycles. The number of rotatable bonds is 5. The second-order valence-electron chi connectivity index (χ2n) is 5.80. The van der Waals surface area contributed by atoms with Crippen LogP contribution in [0.3, 0.4) is 0 Å². The first-order chi connectivity index (χ1) is 10.7. The van der Waals surface area contributed by atoms with E-state index in [4.69, 9.17) is 0 Å². The molecule has 1 atom stereocenters. The Morgan fingerprint density at radius 2 is 2.05 bits per heavy atom. The normalized spacial score (nSPS) is 17.6. The Morgan fingerprint density at radius 3 is 2.73 bits per heavy atom. The van der Waals surface area contributed by atoms with Crippen LogP contribution < -0.4 is 5.32 Å². The molecule has 1 N–H and O–H groups in total. The highest BCUT2D eigenvalue weighted by Gasteiger charge is 2.18. The van der Waals surface area contributed by atoms with Gasteiger partial charge < -0.3 is 5.32 Å². The second-order valence-corrected chi connectivity index (χ2v) is 5.80. The van der Waals surface area contributed by atoms with Crippen molar-refractivity contribution < 1.29 is 4.79 Å². The maximum absolute atomic E-state index is 12.1. The number of carbonyl (C=O) groups is 1. The Hall–Kier alpha value is -2.14. The molecule has 22 heavy (non-hydrogen) atoms. The minimum Gasteiger partial charge on any atom is -0.316 e. The zero-order chi connectivity index (χ0) is 15.4. The minimum atomic E-state index is 0.114. The molecule has 0 aliphatic carbocycles. The van der Waals surface area contributed by atoms with Crippen LogP contribution in [0.4, 0.5) is 0 Å². The third kappa shape index (κ3) is 3.74. The van der Waals surface area contributed by atoms with Crippen molar-refractivity contribution in [2.45, 2.75) is 32.1 Å². The van der Waals surface area contributed by atoms with E-state index in [0.29, 0.717) is 18.8 Å². The highest BCUT2D eigenvalue weighted by atomic mass is 16.1. The first-order valence-electron chi connectivity index (χ1n) is 7.68. The van der Waals surface area contributed by atoms with Crippen molar-refractivity contribution in [3.05, 3.63) is 53.1 Å². The third-order valence-electron chi connectivity index (χ3n) is 3.92. The minimum absolute atomic E-state index is 0.114. The smallest absolute Gasteiger partial charge is 0.144 e. The molecular weight excluding hydrogens is 276 g/mol. The summed E-state index contributed by atoms with van der Waals surface area (Å²) < 4.78 is 0. The van der Waals surface area contributed by atoms with Gasteiger partial charge in [0.05, 0.1) is 17.8 Å². The number of hydrogen-bond donors (Lipinski definition) is 1. The number of pyridine rings is 1. The van der Waals surface area contributed by atoms with Gasteiger partial charge in [-0.1, -0.05) is 6.07 Å². The molecule has 0 radical (unpaired) electrons. The van der Waals surface area contributed by atoms with Gasteiger partial charge >= 0.3 is 0 Å². The lowest BCUT2D eigenvalue weighted by Crippen LogP contribution is -2.12. The van der Waals surface area contributed by atoms with Gasteiger partial charge in [-0.15, -0.1) is 0 Å². The summed E-state index contributed by atoms with van der Waals surface area (Å²) in [6.07, 6.45) is 1.76.